The van der Waals surface area contributed by atoms with Crippen LogP contribution in [0, 0.1) is 0 Å². The van der Waals surface area contributed by atoms with Crippen molar-refractivity contribution >= 4 is 41.1 Å². The van der Waals surface area contributed by atoms with Crippen molar-refractivity contribution in [2.75, 3.05) is 24.6 Å². The van der Waals surface area contributed by atoms with Gasteiger partial charge in [-0.25, -0.2) is 9.69 Å². The van der Waals surface area contributed by atoms with Gasteiger partial charge in [0.1, 0.15) is 6.61 Å². The highest BCUT2D eigenvalue weighted by Gasteiger charge is 2.28. The number of anilines is 1. The van der Waals surface area contributed by atoms with Crippen molar-refractivity contribution in [3.8, 4) is 0 Å². The second kappa shape index (κ2) is 5.49. The third-order valence-corrected chi connectivity index (χ3v) is 3.68. The summed E-state index contributed by atoms with van der Waals surface area (Å²) in [6, 6.07) is 5.05. The van der Waals surface area contributed by atoms with Crippen molar-refractivity contribution in [3.63, 3.8) is 0 Å². The zero-order valence-electron chi connectivity index (χ0n) is 9.39. The quantitative estimate of drug-likeness (QED) is 0.679. The molecule has 7 heteroatoms. The Balaban J connectivity index is 1.97. The first-order valence-corrected chi connectivity index (χ1v) is 6.59. The Morgan fingerprint density at radius 3 is 3.00 bits per heavy atom. The highest BCUT2D eigenvalue weighted by atomic mass is 35.5. The number of nitrogens with two attached hydrogens (primary N) is 1. The number of hydrogen-bond acceptors (Lipinski definition) is 5. The van der Waals surface area contributed by atoms with Crippen LogP contribution in [0.1, 0.15) is 0 Å². The van der Waals surface area contributed by atoms with Crippen LogP contribution in [0.5, 0.6) is 0 Å². The van der Waals surface area contributed by atoms with E-state index in [0.29, 0.717) is 17.3 Å². The van der Waals surface area contributed by atoms with Gasteiger partial charge in [-0.2, -0.15) is 0 Å². The van der Waals surface area contributed by atoms with Gasteiger partial charge < -0.3 is 10.5 Å². The molecule has 1 fully saturated rings. The van der Waals surface area contributed by atoms with Gasteiger partial charge in [-0.3, -0.25) is 4.79 Å². The predicted octanol–water partition coefficient (Wildman–Crippen LogP) is 1.99. The maximum Gasteiger partial charge on any atom is 0.416 e. The summed E-state index contributed by atoms with van der Waals surface area (Å²) < 4.78 is 4.69. The summed E-state index contributed by atoms with van der Waals surface area (Å²) >= 11 is 7.09. The van der Waals surface area contributed by atoms with E-state index in [2.05, 4.69) is 0 Å². The van der Waals surface area contributed by atoms with Gasteiger partial charge in [-0.05, 0) is 18.2 Å². The van der Waals surface area contributed by atoms with E-state index in [1.807, 2.05) is 0 Å². The van der Waals surface area contributed by atoms with E-state index in [1.165, 1.54) is 11.8 Å². The molecule has 1 heterocycles. The number of halogens is 1. The monoisotopic (exact) mass is 286 g/mol. The molecule has 1 aliphatic rings. The molecular weight excluding hydrogens is 276 g/mol. The summed E-state index contributed by atoms with van der Waals surface area (Å²) in [5.74, 6) is -0.165. The van der Waals surface area contributed by atoms with Crippen molar-refractivity contribution in [1.29, 1.82) is 0 Å². The Bertz CT molecular complexity index is 495. The topological polar surface area (TPSA) is 72.6 Å². The van der Waals surface area contributed by atoms with Crippen molar-refractivity contribution in [3.05, 3.63) is 23.2 Å². The largest absolute Gasteiger partial charge is 0.447 e. The number of thioether (sulfide) groups is 1. The van der Waals surface area contributed by atoms with E-state index in [-0.39, 0.29) is 18.3 Å². The molecule has 0 unspecified atom stereocenters. The molecule has 0 radical (unpaired) electrons. The maximum absolute atomic E-state index is 11.8. The number of cyclic esters (lactones) is 1. The zero-order valence-corrected chi connectivity index (χ0v) is 11.0. The number of ether oxygens (including phenoxy) is 1. The molecule has 18 heavy (non-hydrogen) atoms. The van der Waals surface area contributed by atoms with E-state index in [0.717, 1.165) is 9.80 Å². The Labute approximate surface area is 113 Å². The molecule has 96 valence electrons. The minimum Gasteiger partial charge on any atom is -0.447 e. The first kappa shape index (κ1) is 13.0. The maximum atomic E-state index is 11.8. The van der Waals surface area contributed by atoms with Gasteiger partial charge >= 0.3 is 6.09 Å². The minimum absolute atomic E-state index is 0.125. The van der Waals surface area contributed by atoms with E-state index in [4.69, 9.17) is 22.1 Å². The van der Waals surface area contributed by atoms with Crippen molar-refractivity contribution in [1.82, 2.24) is 4.90 Å². The van der Waals surface area contributed by atoms with Crippen LogP contribution in [0.4, 0.5) is 10.5 Å². The van der Waals surface area contributed by atoms with Gasteiger partial charge in [-0.1, -0.05) is 11.6 Å². The van der Waals surface area contributed by atoms with Gasteiger partial charge in [0.15, 0.2) is 0 Å². The van der Waals surface area contributed by atoms with E-state index in [1.54, 1.807) is 18.2 Å². The molecule has 0 spiro atoms. The van der Waals surface area contributed by atoms with Crippen LogP contribution in [0.15, 0.2) is 23.1 Å². The second-order valence-corrected chi connectivity index (χ2v) is 5.08. The fourth-order valence-electron chi connectivity index (χ4n) is 1.47. The third kappa shape index (κ3) is 2.88. The average molecular weight is 287 g/mol. The van der Waals surface area contributed by atoms with Crippen LogP contribution < -0.4 is 5.73 Å². The van der Waals surface area contributed by atoms with E-state index < -0.39 is 6.09 Å². The smallest absolute Gasteiger partial charge is 0.416 e. The van der Waals surface area contributed by atoms with Gasteiger partial charge in [0, 0.05) is 15.6 Å². The van der Waals surface area contributed by atoms with Crippen LogP contribution in [0.25, 0.3) is 0 Å². The number of amides is 2. The molecule has 0 aliphatic carbocycles. The second-order valence-electron chi connectivity index (χ2n) is 3.63. The number of hydrogen-bond donors (Lipinski definition) is 1. The molecule has 0 atom stereocenters. The fourth-order valence-corrected chi connectivity index (χ4v) is 2.59. The van der Waals surface area contributed by atoms with Crippen molar-refractivity contribution < 1.29 is 14.3 Å². The standard InChI is InChI=1S/C11H11ClN2O3S/c12-7-1-2-8(13)9(5-7)18-6-10(15)14-3-4-17-11(14)16/h1-2,5H,3-4,6,13H2. The lowest BCUT2D eigenvalue weighted by Crippen LogP contribution is -2.32. The van der Waals surface area contributed by atoms with Crippen molar-refractivity contribution in [2.24, 2.45) is 0 Å². The van der Waals surface area contributed by atoms with E-state index in [9.17, 15) is 9.59 Å². The fraction of sp³-hybridized carbons (Fsp3) is 0.273. The van der Waals surface area contributed by atoms with Crippen molar-refractivity contribution in [2.45, 2.75) is 4.90 Å². The van der Waals surface area contributed by atoms with Crippen LogP contribution >= 0.6 is 23.4 Å². The first-order valence-electron chi connectivity index (χ1n) is 5.23. The van der Waals surface area contributed by atoms with Crippen LogP contribution in [0.3, 0.4) is 0 Å². The molecule has 0 aromatic heterocycles. The van der Waals surface area contributed by atoms with Crippen LogP contribution in [0.2, 0.25) is 5.02 Å². The molecule has 1 aromatic carbocycles. The highest BCUT2D eigenvalue weighted by Crippen LogP contribution is 2.28. The lowest BCUT2D eigenvalue weighted by molar-refractivity contribution is -0.124. The number of nitrogens with zero attached hydrogens (tertiary/aromatic N) is 1. The number of rotatable bonds is 3. The summed E-state index contributed by atoms with van der Waals surface area (Å²) in [4.78, 5) is 24.7. The molecule has 5 nitrogen and oxygen atoms in total. The van der Waals surface area contributed by atoms with Gasteiger partial charge in [-0.15, -0.1) is 11.8 Å². The predicted molar refractivity (Wildman–Crippen MR) is 69.6 cm³/mol. The lowest BCUT2D eigenvalue weighted by atomic mass is 10.3. The van der Waals surface area contributed by atoms with Gasteiger partial charge in [0.05, 0.1) is 12.3 Å². The summed E-state index contributed by atoms with van der Waals surface area (Å²) in [6.07, 6.45) is -0.584. The summed E-state index contributed by atoms with van der Waals surface area (Å²) in [6.45, 7) is 0.567. The molecule has 0 bridgehead atoms. The Hall–Kier alpha value is -1.40. The molecule has 1 saturated heterocycles. The Kier molecular flexibility index (Phi) is 3.98. The molecule has 0 saturated carbocycles. The number of carbonyl (C=O) groups excluding carboxylic acids is 2. The minimum atomic E-state index is -0.584. The number of nitrogen functional groups attached to an aromatic ring is 1. The molecule has 1 aliphatic heterocycles. The first-order chi connectivity index (χ1) is 8.58. The van der Waals surface area contributed by atoms with E-state index >= 15 is 0 Å². The van der Waals surface area contributed by atoms with Gasteiger partial charge in [0.25, 0.3) is 0 Å². The summed E-state index contributed by atoms with van der Waals surface area (Å²) in [5.41, 5.74) is 6.32. The number of benzene rings is 1. The summed E-state index contributed by atoms with van der Waals surface area (Å²) in [5, 5.41) is 0.555. The number of imide groups is 1. The molecule has 2 N–H and O–H groups in total. The zero-order chi connectivity index (χ0) is 13.1. The normalized spacial score (nSPS) is 14.7. The van der Waals surface area contributed by atoms with Crippen LogP contribution in [-0.2, 0) is 9.53 Å². The third-order valence-electron chi connectivity index (χ3n) is 2.39. The van der Waals surface area contributed by atoms with Gasteiger partial charge in [0.2, 0.25) is 5.91 Å². The van der Waals surface area contributed by atoms with Crippen LogP contribution in [-0.4, -0.2) is 35.8 Å². The Morgan fingerprint density at radius 1 is 1.56 bits per heavy atom. The Morgan fingerprint density at radius 2 is 2.33 bits per heavy atom. The summed E-state index contributed by atoms with van der Waals surface area (Å²) in [7, 11) is 0. The molecular formula is C11H11ClN2O3S. The number of carbonyl (C=O) groups is 2. The average Bonchev–Trinajstić information content (AvgIpc) is 2.76. The highest BCUT2D eigenvalue weighted by molar-refractivity contribution is 8.00. The molecule has 2 rings (SSSR count). The SMILES string of the molecule is Nc1ccc(Cl)cc1SCC(=O)N1CCOC1=O. The lowest BCUT2D eigenvalue weighted by Gasteiger charge is -2.11. The molecule has 1 aromatic rings. The molecule has 2 amide bonds.